The number of morpholine rings is 1. The van der Waals surface area contributed by atoms with E-state index in [0.29, 0.717) is 5.91 Å². The molecule has 2 saturated heterocycles. The van der Waals surface area contributed by atoms with Gasteiger partial charge in [0.1, 0.15) is 0 Å². The van der Waals surface area contributed by atoms with E-state index < -0.39 is 0 Å². The van der Waals surface area contributed by atoms with Crippen LogP contribution in [-0.4, -0.2) is 86.2 Å². The number of hydrogen-bond acceptors (Lipinski definition) is 4. The Morgan fingerprint density at radius 3 is 2.35 bits per heavy atom. The van der Waals surface area contributed by atoms with Gasteiger partial charge in [0, 0.05) is 39.3 Å². The van der Waals surface area contributed by atoms with Gasteiger partial charge in [-0.1, -0.05) is 13.8 Å². The minimum absolute atomic E-state index is 0.0305. The lowest BCUT2D eigenvalue weighted by Crippen LogP contribution is -2.51. The molecule has 0 aliphatic carbocycles. The molecule has 2 fully saturated rings. The van der Waals surface area contributed by atoms with E-state index in [1.165, 1.54) is 6.42 Å². The van der Waals surface area contributed by atoms with Gasteiger partial charge in [-0.25, -0.2) is 0 Å². The highest BCUT2D eigenvalue weighted by molar-refractivity contribution is 5.81. The topological polar surface area (TPSA) is 36.0 Å². The predicted molar refractivity (Wildman–Crippen MR) is 93.6 cm³/mol. The first-order valence-corrected chi connectivity index (χ1v) is 9.18. The van der Waals surface area contributed by atoms with Crippen LogP contribution in [0.2, 0.25) is 0 Å². The van der Waals surface area contributed by atoms with Gasteiger partial charge in [0.2, 0.25) is 5.91 Å². The van der Waals surface area contributed by atoms with Gasteiger partial charge in [0.05, 0.1) is 19.3 Å². The van der Waals surface area contributed by atoms with E-state index in [0.717, 1.165) is 65.3 Å². The molecule has 23 heavy (non-hydrogen) atoms. The van der Waals surface area contributed by atoms with Crippen LogP contribution in [0.3, 0.4) is 0 Å². The molecular formula is C18H35N3O2. The maximum atomic E-state index is 12.7. The number of amides is 1. The second-order valence-corrected chi connectivity index (χ2v) is 8.03. The second-order valence-electron chi connectivity index (χ2n) is 8.03. The largest absolute Gasteiger partial charge is 0.379 e. The molecule has 2 aliphatic heterocycles. The number of likely N-dealkylation sites (N-methyl/N-ethyl adjacent to an activating group) is 1. The van der Waals surface area contributed by atoms with Gasteiger partial charge >= 0.3 is 0 Å². The lowest BCUT2D eigenvalue weighted by molar-refractivity contribution is -0.137. The molecule has 0 aromatic carbocycles. The summed E-state index contributed by atoms with van der Waals surface area (Å²) in [6.07, 6.45) is 3.58. The quantitative estimate of drug-likeness (QED) is 0.744. The molecule has 0 aromatic rings. The van der Waals surface area contributed by atoms with Crippen molar-refractivity contribution < 1.29 is 9.53 Å². The maximum Gasteiger partial charge on any atom is 0.239 e. The number of rotatable bonds is 6. The number of nitrogens with zero attached hydrogens (tertiary/aromatic N) is 3. The summed E-state index contributed by atoms with van der Waals surface area (Å²) in [6.45, 7) is 14.3. The smallest absolute Gasteiger partial charge is 0.239 e. The van der Waals surface area contributed by atoms with E-state index >= 15 is 0 Å². The normalized spacial score (nSPS) is 22.4. The van der Waals surface area contributed by atoms with Crippen molar-refractivity contribution in [1.82, 2.24) is 14.7 Å². The molecule has 0 bridgehead atoms. The second kappa shape index (κ2) is 8.45. The van der Waals surface area contributed by atoms with Gasteiger partial charge in [-0.15, -0.1) is 0 Å². The molecule has 0 spiro atoms. The Morgan fingerprint density at radius 2 is 1.74 bits per heavy atom. The van der Waals surface area contributed by atoms with Gasteiger partial charge in [-0.05, 0) is 38.6 Å². The standard InChI is InChI=1S/C18H35N3O2/c1-16(17(22)21-8-6-5-7-9-21)19(4)14-18(2,3)15-20-10-12-23-13-11-20/h16H,5-15H2,1-4H3/t16-/m0/s1. The molecule has 2 rings (SSSR count). The van der Waals surface area contributed by atoms with Crippen molar-refractivity contribution in [1.29, 1.82) is 0 Å². The van der Waals surface area contributed by atoms with E-state index in [4.69, 9.17) is 4.74 Å². The molecule has 1 amide bonds. The van der Waals surface area contributed by atoms with E-state index in [-0.39, 0.29) is 11.5 Å². The number of piperidine rings is 1. The summed E-state index contributed by atoms with van der Waals surface area (Å²) in [5, 5.41) is 0. The van der Waals surface area contributed by atoms with Gasteiger partial charge in [0.25, 0.3) is 0 Å². The van der Waals surface area contributed by atoms with E-state index in [1.54, 1.807) is 0 Å². The van der Waals surface area contributed by atoms with Crippen LogP contribution in [-0.2, 0) is 9.53 Å². The zero-order valence-corrected chi connectivity index (χ0v) is 15.5. The molecule has 0 saturated carbocycles. The van der Waals surface area contributed by atoms with E-state index in [2.05, 4.69) is 42.5 Å². The molecule has 2 heterocycles. The number of likely N-dealkylation sites (tertiary alicyclic amines) is 1. The SMILES string of the molecule is C[C@@H](C(=O)N1CCCCC1)N(C)CC(C)(C)CN1CCOCC1. The van der Waals surface area contributed by atoms with Crippen LogP contribution in [0.1, 0.15) is 40.0 Å². The zero-order chi connectivity index (χ0) is 16.9. The fourth-order valence-corrected chi connectivity index (χ4v) is 3.79. The highest BCUT2D eigenvalue weighted by Gasteiger charge is 2.30. The first kappa shape index (κ1) is 18.7. The molecule has 0 N–H and O–H groups in total. The number of carbonyl (C=O) groups is 1. The van der Waals surface area contributed by atoms with Crippen LogP contribution in [0.25, 0.3) is 0 Å². The fraction of sp³-hybridized carbons (Fsp3) is 0.944. The van der Waals surface area contributed by atoms with Crippen molar-refractivity contribution in [2.75, 3.05) is 59.5 Å². The Morgan fingerprint density at radius 1 is 1.13 bits per heavy atom. The maximum absolute atomic E-state index is 12.7. The number of ether oxygens (including phenoxy) is 1. The predicted octanol–water partition coefficient (Wildman–Crippen LogP) is 1.68. The van der Waals surface area contributed by atoms with Crippen LogP contribution in [0, 0.1) is 5.41 Å². The van der Waals surface area contributed by atoms with Crippen molar-refractivity contribution in [2.45, 2.75) is 46.1 Å². The molecule has 1 atom stereocenters. The fourth-order valence-electron chi connectivity index (χ4n) is 3.79. The monoisotopic (exact) mass is 325 g/mol. The van der Waals surface area contributed by atoms with Gasteiger partial charge in [0.15, 0.2) is 0 Å². The molecule has 5 nitrogen and oxygen atoms in total. The Kier molecular flexibility index (Phi) is 6.86. The van der Waals surface area contributed by atoms with Gasteiger partial charge in [-0.2, -0.15) is 0 Å². The van der Waals surface area contributed by atoms with Crippen LogP contribution < -0.4 is 0 Å². The summed E-state index contributed by atoms with van der Waals surface area (Å²) >= 11 is 0. The Bertz CT molecular complexity index is 374. The molecular weight excluding hydrogens is 290 g/mol. The van der Waals surface area contributed by atoms with Gasteiger partial charge in [-0.3, -0.25) is 14.6 Å². The van der Waals surface area contributed by atoms with E-state index in [9.17, 15) is 4.79 Å². The summed E-state index contributed by atoms with van der Waals surface area (Å²) < 4.78 is 5.43. The third kappa shape index (κ3) is 5.73. The number of hydrogen-bond donors (Lipinski definition) is 0. The van der Waals surface area contributed by atoms with Crippen molar-refractivity contribution in [3.8, 4) is 0 Å². The zero-order valence-electron chi connectivity index (χ0n) is 15.5. The van der Waals surface area contributed by atoms with Crippen molar-refractivity contribution >= 4 is 5.91 Å². The van der Waals surface area contributed by atoms with E-state index in [1.807, 2.05) is 0 Å². The highest BCUT2D eigenvalue weighted by Crippen LogP contribution is 2.21. The average Bonchev–Trinajstić information content (AvgIpc) is 2.54. The molecule has 2 aliphatic rings. The molecule has 0 aromatic heterocycles. The summed E-state index contributed by atoms with van der Waals surface area (Å²) in [7, 11) is 2.09. The summed E-state index contributed by atoms with van der Waals surface area (Å²) in [6, 6.07) is -0.0305. The Balaban J connectivity index is 1.82. The van der Waals surface area contributed by atoms with Crippen molar-refractivity contribution in [3.05, 3.63) is 0 Å². The van der Waals surface area contributed by atoms with Gasteiger partial charge < -0.3 is 9.64 Å². The first-order valence-electron chi connectivity index (χ1n) is 9.18. The number of carbonyl (C=O) groups excluding carboxylic acids is 1. The first-order chi connectivity index (χ1) is 10.9. The third-order valence-corrected chi connectivity index (χ3v) is 5.12. The summed E-state index contributed by atoms with van der Waals surface area (Å²) in [5.74, 6) is 0.300. The summed E-state index contributed by atoms with van der Waals surface area (Å²) in [5.41, 5.74) is 0.169. The average molecular weight is 325 g/mol. The minimum Gasteiger partial charge on any atom is -0.379 e. The lowest BCUT2D eigenvalue weighted by Gasteiger charge is -2.39. The van der Waals surface area contributed by atoms with Crippen LogP contribution >= 0.6 is 0 Å². The van der Waals surface area contributed by atoms with Crippen LogP contribution in [0.15, 0.2) is 0 Å². The molecule has 0 unspecified atom stereocenters. The molecule has 134 valence electrons. The van der Waals surface area contributed by atoms with Crippen LogP contribution in [0.4, 0.5) is 0 Å². The molecule has 5 heteroatoms. The Labute approximate surface area is 141 Å². The highest BCUT2D eigenvalue weighted by atomic mass is 16.5. The third-order valence-electron chi connectivity index (χ3n) is 5.12. The molecule has 0 radical (unpaired) electrons. The minimum atomic E-state index is -0.0305. The summed E-state index contributed by atoms with van der Waals surface area (Å²) in [4.78, 5) is 19.4. The Hall–Kier alpha value is -0.650. The van der Waals surface area contributed by atoms with Crippen molar-refractivity contribution in [3.63, 3.8) is 0 Å². The lowest BCUT2D eigenvalue weighted by atomic mass is 9.91. The van der Waals surface area contributed by atoms with Crippen molar-refractivity contribution in [2.24, 2.45) is 5.41 Å². The van der Waals surface area contributed by atoms with Crippen LogP contribution in [0.5, 0.6) is 0 Å².